The molecule has 0 saturated carbocycles. The van der Waals surface area contributed by atoms with Gasteiger partial charge < -0.3 is 15.2 Å². The van der Waals surface area contributed by atoms with Gasteiger partial charge in [-0.15, -0.1) is 10.2 Å². The normalized spacial score (nSPS) is 12.3. The van der Waals surface area contributed by atoms with Gasteiger partial charge in [0.25, 0.3) is 20.2 Å². The highest BCUT2D eigenvalue weighted by atomic mass is 32.2. The molecule has 3 aromatic rings. The number of aromatic nitrogens is 2. The summed E-state index contributed by atoms with van der Waals surface area (Å²) in [5, 5.41) is 15.4. The zero-order valence-electron chi connectivity index (χ0n) is 18.0. The van der Waals surface area contributed by atoms with Crippen molar-refractivity contribution < 1.29 is 35.4 Å². The van der Waals surface area contributed by atoms with Gasteiger partial charge in [0, 0.05) is 0 Å². The lowest BCUT2D eigenvalue weighted by atomic mass is 10.3. The molecular formula is C18H17N7O8S2. The third-order valence-corrected chi connectivity index (χ3v) is 5.88. The van der Waals surface area contributed by atoms with E-state index in [1.54, 1.807) is 0 Å². The Labute approximate surface area is 198 Å². The highest BCUT2D eigenvalue weighted by molar-refractivity contribution is 7.86. The minimum atomic E-state index is -4.77. The number of nitrogens with zero attached hydrogens (tertiary/aromatic N) is 6. The van der Waals surface area contributed by atoms with Crippen molar-refractivity contribution in [1.29, 1.82) is 0 Å². The Kier molecular flexibility index (Phi) is 7.34. The first-order chi connectivity index (χ1) is 16.4. The number of anilines is 1. The van der Waals surface area contributed by atoms with Gasteiger partial charge in [-0.3, -0.25) is 9.11 Å². The number of hydrogen-bond acceptors (Lipinski definition) is 13. The zero-order valence-corrected chi connectivity index (χ0v) is 19.6. The Morgan fingerprint density at radius 2 is 1.43 bits per heavy atom. The van der Waals surface area contributed by atoms with Crippen LogP contribution in [0.15, 0.2) is 72.7 Å². The first-order valence-electron chi connectivity index (χ1n) is 9.20. The lowest BCUT2D eigenvalue weighted by Crippen LogP contribution is -2.00. The maximum atomic E-state index is 11.9. The van der Waals surface area contributed by atoms with E-state index < -0.39 is 25.1 Å². The molecule has 0 aliphatic heterocycles. The number of rotatable bonds is 8. The van der Waals surface area contributed by atoms with E-state index in [-0.39, 0.29) is 45.4 Å². The Bertz CT molecular complexity index is 1520. The summed E-state index contributed by atoms with van der Waals surface area (Å²) in [7, 11) is -6.52. The molecule has 1 heterocycles. The molecule has 35 heavy (non-hydrogen) atoms. The van der Waals surface area contributed by atoms with Gasteiger partial charge in [0.05, 0.1) is 30.5 Å². The quantitative estimate of drug-likeness (QED) is 0.286. The van der Waals surface area contributed by atoms with Crippen LogP contribution in [0.25, 0.3) is 0 Å². The minimum Gasteiger partial charge on any atom is -0.479 e. The van der Waals surface area contributed by atoms with Crippen molar-refractivity contribution in [3.05, 3.63) is 42.5 Å². The number of nitrogen functional groups attached to an aromatic ring is 1. The molecule has 0 amide bonds. The average Bonchev–Trinajstić information content (AvgIpc) is 2.80. The van der Waals surface area contributed by atoms with Crippen molar-refractivity contribution in [2.24, 2.45) is 20.5 Å². The molecule has 0 spiro atoms. The lowest BCUT2D eigenvalue weighted by Gasteiger charge is -2.07. The summed E-state index contributed by atoms with van der Waals surface area (Å²) in [4.78, 5) is 6.78. The third kappa shape index (κ3) is 6.29. The van der Waals surface area contributed by atoms with Gasteiger partial charge in [0.1, 0.15) is 10.6 Å². The Morgan fingerprint density at radius 1 is 0.800 bits per heavy atom. The molecule has 0 radical (unpaired) electrons. The van der Waals surface area contributed by atoms with Crippen LogP contribution in [0.2, 0.25) is 0 Å². The van der Waals surface area contributed by atoms with Crippen molar-refractivity contribution in [3.8, 4) is 11.9 Å². The van der Waals surface area contributed by atoms with Crippen LogP contribution in [0.3, 0.4) is 0 Å². The van der Waals surface area contributed by atoms with E-state index in [1.165, 1.54) is 38.5 Å². The van der Waals surface area contributed by atoms with E-state index in [4.69, 9.17) is 19.8 Å². The molecule has 184 valence electrons. The molecule has 0 bridgehead atoms. The van der Waals surface area contributed by atoms with Crippen molar-refractivity contribution in [3.63, 3.8) is 0 Å². The molecule has 0 aliphatic carbocycles. The van der Waals surface area contributed by atoms with Gasteiger partial charge >= 0.3 is 6.01 Å². The van der Waals surface area contributed by atoms with Crippen molar-refractivity contribution in [2.45, 2.75) is 9.79 Å². The van der Waals surface area contributed by atoms with Crippen molar-refractivity contribution >= 4 is 48.8 Å². The smallest absolute Gasteiger partial charge is 0.321 e. The predicted octanol–water partition coefficient (Wildman–Crippen LogP) is 3.40. The molecule has 15 nitrogen and oxygen atoms in total. The van der Waals surface area contributed by atoms with Crippen LogP contribution in [0.5, 0.6) is 11.9 Å². The second-order valence-electron chi connectivity index (χ2n) is 6.45. The molecule has 0 atom stereocenters. The predicted molar refractivity (Wildman–Crippen MR) is 120 cm³/mol. The number of benzene rings is 2. The standard InChI is InChI=1S/C18H17N7O8S2/c1-32-17-15(16(19)20-18(21-17)33-2)25-24-13-8-5-11(9-14(13)35(29,30)31)23-22-10-3-6-12(7-4-10)34(26,27)28/h3-9H,1-2H3,(H2,19,20,21)(H,26,27,28)(H,29,30,31)/b23-22+,25-24+. The fraction of sp³-hybridized carbons (Fsp3) is 0.111. The maximum absolute atomic E-state index is 11.9. The highest BCUT2D eigenvalue weighted by Gasteiger charge is 2.18. The molecule has 0 fully saturated rings. The molecule has 17 heteroatoms. The molecule has 0 unspecified atom stereocenters. The number of ether oxygens (including phenoxy) is 2. The van der Waals surface area contributed by atoms with Gasteiger partial charge in [0.15, 0.2) is 11.5 Å². The number of methoxy groups -OCH3 is 2. The molecule has 2 aromatic carbocycles. The second kappa shape index (κ2) is 10.1. The van der Waals surface area contributed by atoms with Gasteiger partial charge in [-0.2, -0.15) is 37.0 Å². The summed E-state index contributed by atoms with van der Waals surface area (Å²) in [6, 6.07) is 8.21. The fourth-order valence-electron chi connectivity index (χ4n) is 2.52. The monoisotopic (exact) mass is 523 g/mol. The topological polar surface area (TPSA) is 228 Å². The van der Waals surface area contributed by atoms with Crippen LogP contribution < -0.4 is 15.2 Å². The zero-order chi connectivity index (χ0) is 25.8. The van der Waals surface area contributed by atoms with E-state index in [1.807, 2.05) is 0 Å². The maximum Gasteiger partial charge on any atom is 0.321 e. The lowest BCUT2D eigenvalue weighted by molar-refractivity contribution is 0.354. The summed E-state index contributed by atoms with van der Waals surface area (Å²) >= 11 is 0. The fourth-order valence-corrected chi connectivity index (χ4v) is 3.64. The largest absolute Gasteiger partial charge is 0.479 e. The number of hydrogen-bond donors (Lipinski definition) is 3. The van der Waals surface area contributed by atoms with Crippen LogP contribution >= 0.6 is 0 Å². The molecule has 0 aliphatic rings. The molecule has 3 rings (SSSR count). The minimum absolute atomic E-state index is 0.0142. The summed E-state index contributed by atoms with van der Waals surface area (Å²) in [5.41, 5.74) is 5.66. The Morgan fingerprint density at radius 3 is 2.00 bits per heavy atom. The van der Waals surface area contributed by atoms with Crippen LogP contribution in [-0.4, -0.2) is 50.1 Å². The summed E-state index contributed by atoms with van der Waals surface area (Å²) < 4.78 is 74.6. The van der Waals surface area contributed by atoms with Gasteiger partial charge in [-0.05, 0) is 42.5 Å². The average molecular weight is 524 g/mol. The van der Waals surface area contributed by atoms with E-state index in [0.29, 0.717) is 0 Å². The Balaban J connectivity index is 1.95. The van der Waals surface area contributed by atoms with Crippen LogP contribution in [0.4, 0.5) is 28.6 Å². The summed E-state index contributed by atoms with van der Waals surface area (Å²) in [5.74, 6) is -0.242. The van der Waals surface area contributed by atoms with E-state index in [2.05, 4.69) is 30.4 Å². The van der Waals surface area contributed by atoms with E-state index in [0.717, 1.165) is 18.2 Å². The molecule has 4 N–H and O–H groups in total. The summed E-state index contributed by atoms with van der Waals surface area (Å²) in [6.07, 6.45) is 0. The van der Waals surface area contributed by atoms with Crippen LogP contribution in [-0.2, 0) is 20.2 Å². The number of azo groups is 2. The van der Waals surface area contributed by atoms with Gasteiger partial charge in [-0.25, -0.2) is 0 Å². The SMILES string of the molecule is COc1nc(N)c(/N=N/c2ccc(/N=N/c3ccc(S(=O)(=O)O)cc3)cc2S(=O)(=O)O)c(OC)n1. The molecule has 0 saturated heterocycles. The van der Waals surface area contributed by atoms with E-state index >= 15 is 0 Å². The van der Waals surface area contributed by atoms with Crippen molar-refractivity contribution in [1.82, 2.24) is 9.97 Å². The molecular weight excluding hydrogens is 506 g/mol. The van der Waals surface area contributed by atoms with Crippen LogP contribution in [0, 0.1) is 0 Å². The first-order valence-corrected chi connectivity index (χ1v) is 12.1. The number of nitrogens with two attached hydrogens (primary N) is 1. The van der Waals surface area contributed by atoms with Gasteiger partial charge in [0.2, 0.25) is 5.88 Å². The first kappa shape index (κ1) is 25.6. The molecule has 1 aromatic heterocycles. The van der Waals surface area contributed by atoms with E-state index in [9.17, 15) is 21.4 Å². The Hall–Kier alpha value is -4.06. The highest BCUT2D eigenvalue weighted by Crippen LogP contribution is 2.36. The van der Waals surface area contributed by atoms with Crippen LogP contribution in [0.1, 0.15) is 0 Å². The van der Waals surface area contributed by atoms with Gasteiger partial charge in [-0.1, -0.05) is 0 Å². The third-order valence-electron chi connectivity index (χ3n) is 4.13. The second-order valence-corrected chi connectivity index (χ2v) is 9.26. The summed E-state index contributed by atoms with van der Waals surface area (Å²) in [6.45, 7) is 0. The van der Waals surface area contributed by atoms with Crippen molar-refractivity contribution in [2.75, 3.05) is 20.0 Å².